The molecule has 3 N–H and O–H groups in total. The summed E-state index contributed by atoms with van der Waals surface area (Å²) in [5.41, 5.74) is 3.36. The van der Waals surface area contributed by atoms with Crippen molar-refractivity contribution in [2.45, 2.75) is 10.8 Å². The van der Waals surface area contributed by atoms with Gasteiger partial charge >= 0.3 is 0 Å². The van der Waals surface area contributed by atoms with Crippen molar-refractivity contribution >= 4 is 17.7 Å². The molecule has 7 heteroatoms. The summed E-state index contributed by atoms with van der Waals surface area (Å²) < 4.78 is 0. The molecule has 0 bridgehead atoms. The van der Waals surface area contributed by atoms with Crippen LogP contribution in [0.15, 0.2) is 41.9 Å². The van der Waals surface area contributed by atoms with Crippen molar-refractivity contribution in [2.75, 3.05) is 0 Å². The molecule has 0 fully saturated rings. The third kappa shape index (κ3) is 3.25. The van der Waals surface area contributed by atoms with Crippen molar-refractivity contribution in [1.82, 2.24) is 20.4 Å². The van der Waals surface area contributed by atoms with Crippen LogP contribution in [-0.4, -0.2) is 20.9 Å². The van der Waals surface area contributed by atoms with Crippen molar-refractivity contribution in [1.29, 1.82) is 0 Å². The molecule has 0 saturated heterocycles. The number of nitrogens with two attached hydrogens (primary N) is 1. The van der Waals surface area contributed by atoms with Gasteiger partial charge in [-0.25, -0.2) is 15.8 Å². The van der Waals surface area contributed by atoms with Gasteiger partial charge in [0.05, 0.1) is 16.3 Å². The second-order valence-electron chi connectivity index (χ2n) is 3.35. The molecule has 0 atom stereocenters. The van der Waals surface area contributed by atoms with E-state index in [1.807, 2.05) is 6.07 Å². The Hall–Kier alpha value is -1.99. The minimum Gasteiger partial charge on any atom is -0.290 e. The monoisotopic (exact) mass is 261 g/mol. The Labute approximate surface area is 108 Å². The summed E-state index contributed by atoms with van der Waals surface area (Å²) in [6.07, 6.45) is 4.69. The van der Waals surface area contributed by atoms with E-state index in [2.05, 4.69) is 20.4 Å². The molecule has 0 aliphatic heterocycles. The summed E-state index contributed by atoms with van der Waals surface area (Å²) in [7, 11) is 0. The number of hydrogen-bond donors (Lipinski definition) is 2. The van der Waals surface area contributed by atoms with Gasteiger partial charge in [0.1, 0.15) is 6.33 Å². The van der Waals surface area contributed by atoms with Gasteiger partial charge in [-0.05, 0) is 18.2 Å². The summed E-state index contributed by atoms with van der Waals surface area (Å²) in [6, 6.07) is 5.31. The minimum atomic E-state index is -0.350. The quantitative estimate of drug-likeness (QED) is 0.277. The predicted molar refractivity (Wildman–Crippen MR) is 67.5 cm³/mol. The van der Waals surface area contributed by atoms with Crippen LogP contribution in [0.4, 0.5) is 0 Å². The summed E-state index contributed by atoms with van der Waals surface area (Å²) in [6.45, 7) is 0. The van der Waals surface area contributed by atoms with Gasteiger partial charge in [-0.3, -0.25) is 15.2 Å². The first-order valence-corrected chi connectivity index (χ1v) is 6.13. The lowest BCUT2D eigenvalue weighted by Crippen LogP contribution is -2.30. The summed E-state index contributed by atoms with van der Waals surface area (Å²) >= 11 is 1.55. The number of hydrogen-bond acceptors (Lipinski definition) is 6. The van der Waals surface area contributed by atoms with Crippen molar-refractivity contribution in [3.05, 3.63) is 48.2 Å². The zero-order valence-electron chi connectivity index (χ0n) is 9.41. The number of hydrazine groups is 1. The van der Waals surface area contributed by atoms with E-state index in [1.165, 1.54) is 12.5 Å². The summed E-state index contributed by atoms with van der Waals surface area (Å²) in [5, 5.41) is 0.885. The first-order valence-electron chi connectivity index (χ1n) is 5.14. The third-order valence-electron chi connectivity index (χ3n) is 2.14. The Bertz CT molecular complexity index is 517. The third-order valence-corrected chi connectivity index (χ3v) is 3.12. The lowest BCUT2D eigenvalue weighted by Gasteiger charge is -2.02. The number of carbonyl (C=O) groups is 1. The molecule has 18 heavy (non-hydrogen) atoms. The van der Waals surface area contributed by atoms with E-state index in [-0.39, 0.29) is 5.91 Å². The standard InChI is InChI=1S/C11H11N5OS/c12-16-11(17)8-1-2-9(14-5-8)6-18-10-3-4-13-7-15-10/h1-5,7H,6,12H2,(H,16,17). The number of pyridine rings is 1. The average molecular weight is 261 g/mol. The van der Waals surface area contributed by atoms with Crippen LogP contribution < -0.4 is 11.3 Å². The van der Waals surface area contributed by atoms with Gasteiger partial charge in [-0.2, -0.15) is 0 Å². The maximum absolute atomic E-state index is 11.2. The van der Waals surface area contributed by atoms with E-state index in [0.29, 0.717) is 11.3 Å². The maximum atomic E-state index is 11.2. The molecule has 0 radical (unpaired) electrons. The second-order valence-corrected chi connectivity index (χ2v) is 4.34. The number of aromatic nitrogens is 3. The first-order chi connectivity index (χ1) is 8.79. The Morgan fingerprint density at radius 1 is 1.33 bits per heavy atom. The van der Waals surface area contributed by atoms with Gasteiger partial charge in [0.2, 0.25) is 0 Å². The zero-order chi connectivity index (χ0) is 12.8. The van der Waals surface area contributed by atoms with Crippen LogP contribution in [0.1, 0.15) is 16.1 Å². The van der Waals surface area contributed by atoms with Gasteiger partial charge in [0.15, 0.2) is 0 Å². The highest BCUT2D eigenvalue weighted by Crippen LogP contribution is 2.18. The molecule has 0 aliphatic rings. The van der Waals surface area contributed by atoms with Crippen molar-refractivity contribution in [3.8, 4) is 0 Å². The van der Waals surface area contributed by atoms with Crippen molar-refractivity contribution in [2.24, 2.45) is 5.84 Å². The molecule has 2 aromatic heterocycles. The molecular weight excluding hydrogens is 250 g/mol. The summed E-state index contributed by atoms with van der Waals surface area (Å²) in [4.78, 5) is 23.3. The lowest BCUT2D eigenvalue weighted by atomic mass is 10.2. The number of rotatable bonds is 4. The van der Waals surface area contributed by atoms with Gasteiger partial charge < -0.3 is 0 Å². The lowest BCUT2D eigenvalue weighted by molar-refractivity contribution is 0.0953. The highest BCUT2D eigenvalue weighted by molar-refractivity contribution is 7.98. The highest BCUT2D eigenvalue weighted by Gasteiger charge is 2.04. The van der Waals surface area contributed by atoms with Crippen LogP contribution in [-0.2, 0) is 5.75 Å². The van der Waals surface area contributed by atoms with E-state index >= 15 is 0 Å². The summed E-state index contributed by atoms with van der Waals surface area (Å²) in [5.74, 6) is 5.36. The van der Waals surface area contributed by atoms with E-state index in [0.717, 1.165) is 10.7 Å². The van der Waals surface area contributed by atoms with Crippen LogP contribution in [0, 0.1) is 0 Å². The van der Waals surface area contributed by atoms with Crippen molar-refractivity contribution in [3.63, 3.8) is 0 Å². The number of nitrogens with zero attached hydrogens (tertiary/aromatic N) is 3. The molecule has 2 aromatic rings. The topological polar surface area (TPSA) is 93.8 Å². The van der Waals surface area contributed by atoms with E-state index in [4.69, 9.17) is 5.84 Å². The molecule has 0 saturated carbocycles. The van der Waals surface area contributed by atoms with Crippen LogP contribution in [0.3, 0.4) is 0 Å². The largest absolute Gasteiger partial charge is 0.290 e. The Kier molecular flexibility index (Phi) is 4.21. The number of nitrogens with one attached hydrogen (secondary N) is 1. The maximum Gasteiger partial charge on any atom is 0.266 e. The molecule has 2 heterocycles. The molecule has 92 valence electrons. The Morgan fingerprint density at radius 3 is 2.83 bits per heavy atom. The fourth-order valence-electron chi connectivity index (χ4n) is 1.24. The first kappa shape index (κ1) is 12.5. The van der Waals surface area contributed by atoms with Crippen LogP contribution in [0.25, 0.3) is 0 Å². The predicted octanol–water partition coefficient (Wildman–Crippen LogP) is 0.767. The molecular formula is C11H11N5OS. The normalized spacial score (nSPS) is 10.1. The molecule has 1 amide bonds. The van der Waals surface area contributed by atoms with Gasteiger partial charge in [-0.15, -0.1) is 0 Å². The molecule has 0 unspecified atom stereocenters. The van der Waals surface area contributed by atoms with Gasteiger partial charge in [0.25, 0.3) is 5.91 Å². The minimum absolute atomic E-state index is 0.350. The molecule has 0 aliphatic carbocycles. The zero-order valence-corrected chi connectivity index (χ0v) is 10.2. The van der Waals surface area contributed by atoms with E-state index < -0.39 is 0 Å². The van der Waals surface area contributed by atoms with Crippen molar-refractivity contribution < 1.29 is 4.79 Å². The van der Waals surface area contributed by atoms with Crippen LogP contribution in [0.5, 0.6) is 0 Å². The fraction of sp³-hybridized carbons (Fsp3) is 0.0909. The van der Waals surface area contributed by atoms with E-state index in [1.54, 1.807) is 30.1 Å². The Morgan fingerprint density at radius 2 is 2.22 bits per heavy atom. The number of carbonyl (C=O) groups excluding carboxylic acids is 1. The second kappa shape index (κ2) is 6.08. The number of amides is 1. The average Bonchev–Trinajstić information content (AvgIpc) is 2.46. The fourth-order valence-corrected chi connectivity index (χ4v) is 1.98. The van der Waals surface area contributed by atoms with Gasteiger partial charge in [-0.1, -0.05) is 11.8 Å². The van der Waals surface area contributed by atoms with Crippen LogP contribution in [0.2, 0.25) is 0 Å². The SMILES string of the molecule is NNC(=O)c1ccc(CSc2ccncn2)nc1. The molecule has 2 rings (SSSR count). The van der Waals surface area contributed by atoms with Gasteiger partial charge in [0, 0.05) is 18.1 Å². The number of nitrogen functional groups attached to an aromatic ring is 1. The Balaban J connectivity index is 1.97. The van der Waals surface area contributed by atoms with Crippen LogP contribution >= 0.6 is 11.8 Å². The molecule has 0 aromatic carbocycles. The highest BCUT2D eigenvalue weighted by atomic mass is 32.2. The molecule has 0 spiro atoms. The smallest absolute Gasteiger partial charge is 0.266 e. The number of thioether (sulfide) groups is 1. The molecule has 6 nitrogen and oxygen atoms in total. The van der Waals surface area contributed by atoms with E-state index in [9.17, 15) is 4.79 Å².